The van der Waals surface area contributed by atoms with Gasteiger partial charge in [0, 0.05) is 0 Å². The van der Waals surface area contributed by atoms with Crippen LogP contribution >= 0.6 is 0 Å². The van der Waals surface area contributed by atoms with E-state index in [0.717, 1.165) is 12.1 Å². The van der Waals surface area contributed by atoms with Gasteiger partial charge in [-0.3, -0.25) is 0 Å². The summed E-state index contributed by atoms with van der Waals surface area (Å²) in [5.74, 6) is -0.336. The van der Waals surface area contributed by atoms with Gasteiger partial charge in [0.1, 0.15) is 11.8 Å². The Balaban J connectivity index is 2.61. The molecule has 0 radical (unpaired) electrons. The SMILES string of the molecule is N#Cc1ccc(-c2ccccc2C(F)(F)F)cc1O. The third-order valence-electron chi connectivity index (χ3n) is 2.66. The fourth-order valence-corrected chi connectivity index (χ4v) is 1.78. The Labute approximate surface area is 107 Å². The predicted molar refractivity (Wildman–Crippen MR) is 63.3 cm³/mol. The second-order valence-electron chi connectivity index (χ2n) is 3.89. The highest BCUT2D eigenvalue weighted by atomic mass is 19.4. The highest BCUT2D eigenvalue weighted by molar-refractivity contribution is 5.70. The van der Waals surface area contributed by atoms with Crippen LogP contribution in [0.2, 0.25) is 0 Å². The van der Waals surface area contributed by atoms with E-state index in [1.165, 1.54) is 30.3 Å². The number of alkyl halides is 3. The fourth-order valence-electron chi connectivity index (χ4n) is 1.78. The first-order valence-corrected chi connectivity index (χ1v) is 5.33. The Morgan fingerprint density at radius 1 is 1.05 bits per heavy atom. The summed E-state index contributed by atoms with van der Waals surface area (Å²) in [6, 6.07) is 10.7. The van der Waals surface area contributed by atoms with E-state index in [1.807, 2.05) is 0 Å². The number of phenolic OH excluding ortho intramolecular Hbond substituents is 1. The van der Waals surface area contributed by atoms with Gasteiger partial charge in [-0.15, -0.1) is 0 Å². The fraction of sp³-hybridized carbons (Fsp3) is 0.0714. The zero-order valence-electron chi connectivity index (χ0n) is 9.57. The van der Waals surface area contributed by atoms with Gasteiger partial charge in [-0.2, -0.15) is 18.4 Å². The molecule has 0 unspecified atom stereocenters. The Kier molecular flexibility index (Phi) is 3.17. The third-order valence-corrected chi connectivity index (χ3v) is 2.66. The second-order valence-corrected chi connectivity index (χ2v) is 3.89. The molecule has 2 rings (SSSR count). The first kappa shape index (κ1) is 13.0. The zero-order chi connectivity index (χ0) is 14.0. The first-order valence-electron chi connectivity index (χ1n) is 5.33. The molecule has 96 valence electrons. The Bertz CT molecular complexity index is 656. The molecule has 0 amide bonds. The molecule has 0 fully saturated rings. The van der Waals surface area contributed by atoms with E-state index in [9.17, 15) is 18.3 Å². The van der Waals surface area contributed by atoms with Gasteiger partial charge < -0.3 is 5.11 Å². The molecule has 0 saturated carbocycles. The maximum absolute atomic E-state index is 12.9. The highest BCUT2D eigenvalue weighted by Gasteiger charge is 2.33. The van der Waals surface area contributed by atoms with Crippen molar-refractivity contribution in [2.45, 2.75) is 6.18 Å². The molecule has 1 N–H and O–H groups in total. The normalized spacial score (nSPS) is 11.1. The minimum Gasteiger partial charge on any atom is -0.507 e. The van der Waals surface area contributed by atoms with Gasteiger partial charge >= 0.3 is 6.18 Å². The summed E-state index contributed by atoms with van der Waals surface area (Å²) < 4.78 is 38.6. The molecule has 2 aromatic rings. The molecule has 5 heteroatoms. The van der Waals surface area contributed by atoms with Crippen molar-refractivity contribution in [3.8, 4) is 22.9 Å². The smallest absolute Gasteiger partial charge is 0.417 e. The molecule has 0 aliphatic heterocycles. The number of nitrogens with zero attached hydrogens (tertiary/aromatic N) is 1. The lowest BCUT2D eigenvalue weighted by molar-refractivity contribution is -0.137. The van der Waals surface area contributed by atoms with Gasteiger partial charge in [-0.1, -0.05) is 24.3 Å². The van der Waals surface area contributed by atoms with Crippen molar-refractivity contribution in [3.63, 3.8) is 0 Å². The van der Waals surface area contributed by atoms with Crippen LogP contribution in [0.25, 0.3) is 11.1 Å². The molecule has 2 aromatic carbocycles. The molecule has 0 heterocycles. The Morgan fingerprint density at radius 2 is 1.74 bits per heavy atom. The molecule has 0 saturated heterocycles. The summed E-state index contributed by atoms with van der Waals surface area (Å²) in [4.78, 5) is 0. The minimum absolute atomic E-state index is 0.0215. The molecular weight excluding hydrogens is 255 g/mol. The van der Waals surface area contributed by atoms with Crippen molar-refractivity contribution < 1.29 is 18.3 Å². The highest BCUT2D eigenvalue weighted by Crippen LogP contribution is 2.37. The van der Waals surface area contributed by atoms with E-state index in [-0.39, 0.29) is 22.4 Å². The van der Waals surface area contributed by atoms with Crippen LogP contribution in [0.5, 0.6) is 5.75 Å². The van der Waals surface area contributed by atoms with Crippen molar-refractivity contribution in [3.05, 3.63) is 53.6 Å². The van der Waals surface area contributed by atoms with Gasteiger partial charge in [0.05, 0.1) is 11.1 Å². The molecule has 0 atom stereocenters. The largest absolute Gasteiger partial charge is 0.507 e. The Hall–Kier alpha value is -2.48. The summed E-state index contributed by atoms with van der Waals surface area (Å²) in [5, 5.41) is 18.2. The first-order chi connectivity index (χ1) is 8.93. The van der Waals surface area contributed by atoms with Crippen molar-refractivity contribution in [2.24, 2.45) is 0 Å². The predicted octanol–water partition coefficient (Wildman–Crippen LogP) is 3.95. The van der Waals surface area contributed by atoms with Crippen molar-refractivity contribution >= 4 is 0 Å². The number of halogens is 3. The van der Waals surface area contributed by atoms with E-state index in [4.69, 9.17) is 5.26 Å². The van der Waals surface area contributed by atoms with E-state index in [1.54, 1.807) is 6.07 Å². The van der Waals surface area contributed by atoms with Crippen LogP contribution in [-0.2, 0) is 6.18 Å². The van der Waals surface area contributed by atoms with Crippen molar-refractivity contribution in [2.75, 3.05) is 0 Å². The van der Waals surface area contributed by atoms with Crippen LogP contribution in [0.1, 0.15) is 11.1 Å². The summed E-state index contributed by atoms with van der Waals surface area (Å²) in [6.45, 7) is 0. The molecule has 0 spiro atoms. The molecule has 0 aliphatic rings. The lowest BCUT2D eigenvalue weighted by Crippen LogP contribution is -2.06. The molecule has 0 aliphatic carbocycles. The molecule has 0 aromatic heterocycles. The minimum atomic E-state index is -4.47. The average molecular weight is 263 g/mol. The number of aromatic hydroxyl groups is 1. The number of benzene rings is 2. The summed E-state index contributed by atoms with van der Waals surface area (Å²) in [5.41, 5.74) is -0.577. The number of hydrogen-bond acceptors (Lipinski definition) is 2. The van der Waals surface area contributed by atoms with Crippen LogP contribution in [0.3, 0.4) is 0 Å². The quantitative estimate of drug-likeness (QED) is 0.846. The molecular formula is C14H8F3NO. The van der Waals surface area contributed by atoms with E-state index < -0.39 is 11.7 Å². The Morgan fingerprint density at radius 3 is 2.32 bits per heavy atom. The van der Waals surface area contributed by atoms with E-state index in [0.29, 0.717) is 0 Å². The summed E-state index contributed by atoms with van der Waals surface area (Å²) >= 11 is 0. The van der Waals surface area contributed by atoms with E-state index >= 15 is 0 Å². The van der Waals surface area contributed by atoms with Gasteiger partial charge in [0.25, 0.3) is 0 Å². The van der Waals surface area contributed by atoms with Crippen LogP contribution < -0.4 is 0 Å². The van der Waals surface area contributed by atoms with Gasteiger partial charge in [0.15, 0.2) is 0 Å². The number of rotatable bonds is 1. The summed E-state index contributed by atoms with van der Waals surface area (Å²) in [6.07, 6.45) is -4.47. The standard InChI is InChI=1S/C14H8F3NO/c15-14(16,17)12-4-2-1-3-11(12)9-5-6-10(8-18)13(19)7-9/h1-7,19H. The lowest BCUT2D eigenvalue weighted by Gasteiger charge is -2.13. The van der Waals surface area contributed by atoms with Crippen LogP contribution in [0.4, 0.5) is 13.2 Å². The third kappa shape index (κ3) is 2.52. The number of nitriles is 1. The van der Waals surface area contributed by atoms with Gasteiger partial charge in [0.2, 0.25) is 0 Å². The van der Waals surface area contributed by atoms with E-state index in [2.05, 4.69) is 0 Å². The van der Waals surface area contributed by atoms with Crippen molar-refractivity contribution in [1.82, 2.24) is 0 Å². The topological polar surface area (TPSA) is 44.0 Å². The maximum atomic E-state index is 12.9. The zero-order valence-corrected chi connectivity index (χ0v) is 9.57. The number of hydrogen-bond donors (Lipinski definition) is 1. The van der Waals surface area contributed by atoms with Crippen LogP contribution in [0, 0.1) is 11.3 Å². The second kappa shape index (κ2) is 4.65. The molecule has 2 nitrogen and oxygen atoms in total. The monoisotopic (exact) mass is 263 g/mol. The lowest BCUT2D eigenvalue weighted by atomic mass is 9.98. The van der Waals surface area contributed by atoms with Crippen LogP contribution in [0.15, 0.2) is 42.5 Å². The molecule has 19 heavy (non-hydrogen) atoms. The van der Waals surface area contributed by atoms with Crippen LogP contribution in [-0.4, -0.2) is 5.11 Å². The van der Waals surface area contributed by atoms with Crippen molar-refractivity contribution in [1.29, 1.82) is 5.26 Å². The van der Waals surface area contributed by atoms with Gasteiger partial charge in [-0.25, -0.2) is 0 Å². The molecule has 0 bridgehead atoms. The van der Waals surface area contributed by atoms with Gasteiger partial charge in [-0.05, 0) is 29.3 Å². The maximum Gasteiger partial charge on any atom is 0.417 e. The average Bonchev–Trinajstić information content (AvgIpc) is 2.37. The number of phenols is 1. The summed E-state index contributed by atoms with van der Waals surface area (Å²) in [7, 11) is 0.